The van der Waals surface area contributed by atoms with E-state index in [9.17, 15) is 13.2 Å². The second-order valence-corrected chi connectivity index (χ2v) is 9.82. The molecule has 0 spiro atoms. The number of nitrogens with zero attached hydrogens (tertiary/aromatic N) is 1. The van der Waals surface area contributed by atoms with E-state index in [1.54, 1.807) is 7.11 Å². The van der Waals surface area contributed by atoms with Crippen LogP contribution < -0.4 is 0 Å². The van der Waals surface area contributed by atoms with Crippen molar-refractivity contribution < 1.29 is 17.9 Å². The molecule has 1 aromatic carbocycles. The number of piperidine rings is 1. The number of ether oxygens (including phenoxy) is 1. The molecule has 0 aromatic heterocycles. The van der Waals surface area contributed by atoms with Gasteiger partial charge in [0.25, 0.3) is 0 Å². The van der Waals surface area contributed by atoms with Gasteiger partial charge < -0.3 is 9.64 Å². The quantitative estimate of drug-likeness (QED) is 0.762. The molecule has 5 nitrogen and oxygen atoms in total. The first kappa shape index (κ1) is 19.4. The molecule has 2 atom stereocenters. The molecule has 0 N–H and O–H groups in total. The Morgan fingerprint density at radius 1 is 1.19 bits per heavy atom. The highest BCUT2D eigenvalue weighted by atomic mass is 32.2. The van der Waals surface area contributed by atoms with Gasteiger partial charge in [-0.15, -0.1) is 0 Å². The second kappa shape index (κ2) is 8.53. The van der Waals surface area contributed by atoms with Crippen molar-refractivity contribution in [1.82, 2.24) is 4.90 Å². The van der Waals surface area contributed by atoms with Crippen LogP contribution in [0.3, 0.4) is 0 Å². The van der Waals surface area contributed by atoms with Crippen LogP contribution in [0.1, 0.15) is 43.8 Å². The van der Waals surface area contributed by atoms with Gasteiger partial charge >= 0.3 is 0 Å². The first-order chi connectivity index (χ1) is 12.5. The lowest BCUT2D eigenvalue weighted by Crippen LogP contribution is -2.40. The average Bonchev–Trinajstić information content (AvgIpc) is 3.01. The topological polar surface area (TPSA) is 63.7 Å². The van der Waals surface area contributed by atoms with Gasteiger partial charge in [0.2, 0.25) is 5.91 Å². The number of rotatable bonds is 6. The number of hydrogen-bond acceptors (Lipinski definition) is 4. The lowest BCUT2D eigenvalue weighted by molar-refractivity contribution is -0.133. The summed E-state index contributed by atoms with van der Waals surface area (Å²) in [6, 6.07) is 10.3. The van der Waals surface area contributed by atoms with Crippen molar-refractivity contribution in [2.45, 2.75) is 38.2 Å². The Labute approximate surface area is 156 Å². The normalized spacial score (nSPS) is 24.5. The number of likely N-dealkylation sites (tertiary alicyclic amines) is 1. The molecule has 1 amide bonds. The summed E-state index contributed by atoms with van der Waals surface area (Å²) in [5.41, 5.74) is 1.20. The first-order valence-electron chi connectivity index (χ1n) is 9.54. The van der Waals surface area contributed by atoms with Gasteiger partial charge in [-0.2, -0.15) is 0 Å². The maximum Gasteiger partial charge on any atom is 0.222 e. The van der Waals surface area contributed by atoms with Gasteiger partial charge in [-0.1, -0.05) is 30.3 Å². The molecule has 2 aliphatic rings. The number of methoxy groups -OCH3 is 1. The number of carbonyl (C=O) groups excluding carboxylic acids is 1. The molecule has 2 heterocycles. The predicted octanol–water partition coefficient (Wildman–Crippen LogP) is 2.83. The molecule has 2 saturated heterocycles. The zero-order chi connectivity index (χ0) is 18.6. The molecule has 6 heteroatoms. The third kappa shape index (κ3) is 4.86. The summed E-state index contributed by atoms with van der Waals surface area (Å²) in [6.45, 7) is 1.53. The van der Waals surface area contributed by atoms with Crippen LogP contribution >= 0.6 is 0 Å². The van der Waals surface area contributed by atoms with Crippen LogP contribution in [0.2, 0.25) is 0 Å². The fraction of sp³-hybridized carbons (Fsp3) is 0.650. The zero-order valence-electron chi connectivity index (χ0n) is 15.5. The van der Waals surface area contributed by atoms with Gasteiger partial charge in [-0.3, -0.25) is 4.79 Å². The monoisotopic (exact) mass is 379 g/mol. The summed E-state index contributed by atoms with van der Waals surface area (Å²) in [5, 5.41) is 0. The molecule has 2 fully saturated rings. The summed E-state index contributed by atoms with van der Waals surface area (Å²) in [7, 11) is -1.10. The molecular weight excluding hydrogens is 350 g/mol. The molecule has 2 aliphatic heterocycles. The summed E-state index contributed by atoms with van der Waals surface area (Å²) in [5.74, 6) is 1.30. The molecule has 1 aromatic rings. The Kier molecular flexibility index (Phi) is 6.35. The minimum Gasteiger partial charge on any atom is -0.376 e. The summed E-state index contributed by atoms with van der Waals surface area (Å²) >= 11 is 0. The molecule has 0 saturated carbocycles. The predicted molar refractivity (Wildman–Crippen MR) is 101 cm³/mol. The van der Waals surface area contributed by atoms with Gasteiger partial charge in [0, 0.05) is 26.6 Å². The number of sulfone groups is 1. The highest BCUT2D eigenvalue weighted by Gasteiger charge is 2.31. The Morgan fingerprint density at radius 3 is 2.46 bits per heavy atom. The summed E-state index contributed by atoms with van der Waals surface area (Å²) in [4.78, 5) is 14.4. The lowest BCUT2D eigenvalue weighted by atomic mass is 9.87. The van der Waals surface area contributed by atoms with E-state index < -0.39 is 9.84 Å². The number of amides is 1. The van der Waals surface area contributed by atoms with Crippen molar-refractivity contribution in [2.24, 2.45) is 11.8 Å². The van der Waals surface area contributed by atoms with Crippen LogP contribution in [-0.4, -0.2) is 50.9 Å². The molecule has 0 radical (unpaired) electrons. The molecule has 144 valence electrons. The number of hydrogen-bond donors (Lipinski definition) is 0. The van der Waals surface area contributed by atoms with Crippen molar-refractivity contribution in [3.05, 3.63) is 35.9 Å². The van der Waals surface area contributed by atoms with E-state index in [4.69, 9.17) is 4.74 Å². The molecule has 26 heavy (non-hydrogen) atoms. The van der Waals surface area contributed by atoms with Crippen LogP contribution in [-0.2, 0) is 19.4 Å². The van der Waals surface area contributed by atoms with Crippen molar-refractivity contribution in [3.8, 4) is 0 Å². The van der Waals surface area contributed by atoms with Crippen LogP contribution in [0.15, 0.2) is 30.3 Å². The van der Waals surface area contributed by atoms with Crippen molar-refractivity contribution in [2.75, 3.05) is 31.7 Å². The number of benzene rings is 1. The van der Waals surface area contributed by atoms with Crippen LogP contribution in [0, 0.1) is 11.8 Å². The summed E-state index contributed by atoms with van der Waals surface area (Å²) < 4.78 is 28.8. The highest BCUT2D eigenvalue weighted by Crippen LogP contribution is 2.33. The van der Waals surface area contributed by atoms with E-state index in [0.29, 0.717) is 25.2 Å². The van der Waals surface area contributed by atoms with E-state index in [2.05, 4.69) is 12.1 Å². The summed E-state index contributed by atoms with van der Waals surface area (Å²) in [6.07, 6.45) is 3.84. The fourth-order valence-corrected chi connectivity index (χ4v) is 6.19. The highest BCUT2D eigenvalue weighted by molar-refractivity contribution is 7.91. The first-order valence-corrected chi connectivity index (χ1v) is 11.4. The molecule has 3 rings (SSSR count). The third-order valence-corrected chi connectivity index (χ3v) is 7.63. The fourth-order valence-electron chi connectivity index (χ4n) is 4.28. The van der Waals surface area contributed by atoms with Crippen molar-refractivity contribution in [1.29, 1.82) is 0 Å². The van der Waals surface area contributed by atoms with Gasteiger partial charge in [-0.25, -0.2) is 8.42 Å². The smallest absolute Gasteiger partial charge is 0.222 e. The van der Waals surface area contributed by atoms with E-state index in [0.717, 1.165) is 25.9 Å². The van der Waals surface area contributed by atoms with Gasteiger partial charge in [0.15, 0.2) is 9.84 Å². The lowest BCUT2D eigenvalue weighted by Gasteiger charge is -2.36. The minimum absolute atomic E-state index is 0.0807. The van der Waals surface area contributed by atoms with Crippen LogP contribution in [0.4, 0.5) is 0 Å². The molecule has 2 unspecified atom stereocenters. The van der Waals surface area contributed by atoms with Crippen LogP contribution in [0.5, 0.6) is 0 Å². The Morgan fingerprint density at radius 2 is 1.88 bits per heavy atom. The standard InChI is InChI=1S/C20H29NO4S/c1-25-20(17-5-3-2-4-6-17)18-9-12-21(13-10-18)19(22)8-7-16-11-14-26(23,24)15-16/h2-6,16,18,20H,7-15H2,1H3. The van der Waals surface area contributed by atoms with Crippen molar-refractivity contribution >= 4 is 15.7 Å². The molecular formula is C20H29NO4S. The Balaban J connectivity index is 1.46. The molecule has 0 bridgehead atoms. The SMILES string of the molecule is COC(c1ccccc1)C1CCN(C(=O)CCC2CCS(=O)(=O)C2)CC1. The minimum atomic E-state index is -2.85. The van der Waals surface area contributed by atoms with E-state index in [1.807, 2.05) is 23.1 Å². The average molecular weight is 380 g/mol. The number of carbonyl (C=O) groups is 1. The molecule has 0 aliphatic carbocycles. The van der Waals surface area contributed by atoms with E-state index in [-0.39, 0.29) is 29.4 Å². The van der Waals surface area contributed by atoms with Crippen molar-refractivity contribution in [3.63, 3.8) is 0 Å². The second-order valence-electron chi connectivity index (χ2n) is 7.59. The maximum absolute atomic E-state index is 12.5. The Bertz CT molecular complexity index is 696. The van der Waals surface area contributed by atoms with Gasteiger partial charge in [0.1, 0.15) is 0 Å². The largest absolute Gasteiger partial charge is 0.376 e. The third-order valence-electron chi connectivity index (χ3n) is 5.80. The van der Waals surface area contributed by atoms with Crippen LogP contribution in [0.25, 0.3) is 0 Å². The van der Waals surface area contributed by atoms with Gasteiger partial charge in [0.05, 0.1) is 17.6 Å². The van der Waals surface area contributed by atoms with E-state index in [1.165, 1.54) is 5.56 Å². The van der Waals surface area contributed by atoms with Gasteiger partial charge in [-0.05, 0) is 43.1 Å². The maximum atomic E-state index is 12.5. The zero-order valence-corrected chi connectivity index (χ0v) is 16.3. The Hall–Kier alpha value is -1.40. The van der Waals surface area contributed by atoms with E-state index >= 15 is 0 Å².